The Labute approximate surface area is 141 Å². The van der Waals surface area contributed by atoms with E-state index in [0.717, 1.165) is 37.7 Å². The molecule has 2 aliphatic carbocycles. The first-order valence-electron chi connectivity index (χ1n) is 8.78. The molecule has 0 spiro atoms. The molecule has 1 atom stereocenters. The quantitative estimate of drug-likeness (QED) is 0.832. The smallest absolute Gasteiger partial charge is 0.310 e. The van der Waals surface area contributed by atoms with Gasteiger partial charge in [-0.25, -0.2) is 4.39 Å². The van der Waals surface area contributed by atoms with Crippen LogP contribution in [0.2, 0.25) is 0 Å². The van der Waals surface area contributed by atoms with Gasteiger partial charge in [-0.05, 0) is 49.3 Å². The van der Waals surface area contributed by atoms with Crippen LogP contribution >= 0.6 is 0 Å². The van der Waals surface area contributed by atoms with Crippen LogP contribution in [0.25, 0.3) is 0 Å². The Hall–Kier alpha value is -1.91. The lowest BCUT2D eigenvalue weighted by molar-refractivity contribution is -0.157. The van der Waals surface area contributed by atoms with Gasteiger partial charge in [-0.3, -0.25) is 9.59 Å². The highest BCUT2D eigenvalue weighted by atomic mass is 19.1. The van der Waals surface area contributed by atoms with Gasteiger partial charge in [0.2, 0.25) is 5.91 Å². The molecule has 1 aromatic rings. The third kappa shape index (κ3) is 3.45. The van der Waals surface area contributed by atoms with E-state index < -0.39 is 11.4 Å². The van der Waals surface area contributed by atoms with Crippen molar-refractivity contribution >= 4 is 11.9 Å². The summed E-state index contributed by atoms with van der Waals surface area (Å²) in [4.78, 5) is 24.0. The number of carbonyl (C=O) groups excluding carboxylic acids is 1. The van der Waals surface area contributed by atoms with Crippen LogP contribution in [0, 0.1) is 17.2 Å². The van der Waals surface area contributed by atoms with Gasteiger partial charge in [0.25, 0.3) is 0 Å². The highest BCUT2D eigenvalue weighted by Gasteiger charge is 2.46. The molecule has 2 N–H and O–H groups in total. The van der Waals surface area contributed by atoms with E-state index in [1.54, 1.807) is 6.07 Å². The van der Waals surface area contributed by atoms with Gasteiger partial charge in [0, 0.05) is 6.42 Å². The summed E-state index contributed by atoms with van der Waals surface area (Å²) in [6.07, 6.45) is 6.23. The summed E-state index contributed by atoms with van der Waals surface area (Å²) in [7, 11) is 0. The third-order valence-corrected chi connectivity index (χ3v) is 5.66. The van der Waals surface area contributed by atoms with Crippen molar-refractivity contribution in [2.45, 2.75) is 57.4 Å². The molecule has 2 saturated carbocycles. The zero-order valence-electron chi connectivity index (χ0n) is 13.8. The van der Waals surface area contributed by atoms with Crippen LogP contribution < -0.4 is 5.32 Å². The Morgan fingerprint density at radius 2 is 1.96 bits per heavy atom. The summed E-state index contributed by atoms with van der Waals surface area (Å²) in [6.45, 7) is 0. The molecule has 1 amide bonds. The van der Waals surface area contributed by atoms with Crippen LogP contribution in [-0.4, -0.2) is 17.0 Å². The number of benzene rings is 1. The van der Waals surface area contributed by atoms with E-state index in [2.05, 4.69) is 5.32 Å². The number of carbonyl (C=O) groups is 2. The van der Waals surface area contributed by atoms with Crippen molar-refractivity contribution in [2.24, 2.45) is 11.3 Å². The standard InChI is InChI=1S/C19H24FNO3/c20-15-8-3-7-14(11-15)17(13-5-1-2-6-13)21-16(22)12-19(18(23)24)9-4-10-19/h3,7-8,11,13,17H,1-2,4-6,9-10,12H2,(H,21,22)(H,23,24). The van der Waals surface area contributed by atoms with Crippen molar-refractivity contribution in [1.82, 2.24) is 5.32 Å². The highest BCUT2D eigenvalue weighted by molar-refractivity contribution is 5.85. The van der Waals surface area contributed by atoms with E-state index >= 15 is 0 Å². The molecule has 0 bridgehead atoms. The number of halogens is 1. The predicted octanol–water partition coefficient (Wildman–Crippen LogP) is 3.82. The molecule has 24 heavy (non-hydrogen) atoms. The fraction of sp³-hybridized carbons (Fsp3) is 0.579. The lowest BCUT2D eigenvalue weighted by Gasteiger charge is -2.37. The SMILES string of the molecule is O=C(CC1(C(=O)O)CCC1)NC(c1cccc(F)c1)C1CCCC1. The van der Waals surface area contributed by atoms with Crippen LogP contribution in [0.15, 0.2) is 24.3 Å². The second-order valence-electron chi connectivity index (χ2n) is 7.26. The lowest BCUT2D eigenvalue weighted by atomic mass is 9.66. The molecule has 4 nitrogen and oxygen atoms in total. The minimum Gasteiger partial charge on any atom is -0.481 e. The maximum atomic E-state index is 13.6. The summed E-state index contributed by atoms with van der Waals surface area (Å²) in [6, 6.07) is 6.12. The molecule has 1 unspecified atom stereocenters. The molecular formula is C19H24FNO3. The zero-order chi connectivity index (χ0) is 17.2. The van der Waals surface area contributed by atoms with Gasteiger partial charge in [-0.15, -0.1) is 0 Å². The van der Waals surface area contributed by atoms with E-state index in [0.29, 0.717) is 12.8 Å². The number of aliphatic carboxylic acids is 1. The first-order valence-corrected chi connectivity index (χ1v) is 8.78. The largest absolute Gasteiger partial charge is 0.481 e. The Kier molecular flexibility index (Phi) is 4.88. The van der Waals surface area contributed by atoms with Gasteiger partial charge in [-0.1, -0.05) is 31.4 Å². The summed E-state index contributed by atoms with van der Waals surface area (Å²) in [5.74, 6) is -1.14. The molecule has 0 aromatic heterocycles. The summed E-state index contributed by atoms with van der Waals surface area (Å²) in [5, 5.41) is 12.4. The first-order chi connectivity index (χ1) is 11.5. The van der Waals surface area contributed by atoms with Crippen LogP contribution in [0.5, 0.6) is 0 Å². The molecule has 0 radical (unpaired) electrons. The molecule has 130 valence electrons. The number of rotatable bonds is 6. The van der Waals surface area contributed by atoms with Gasteiger partial charge < -0.3 is 10.4 Å². The zero-order valence-corrected chi connectivity index (χ0v) is 13.8. The lowest BCUT2D eigenvalue weighted by Crippen LogP contribution is -2.44. The average molecular weight is 333 g/mol. The fourth-order valence-corrected chi connectivity index (χ4v) is 4.07. The predicted molar refractivity (Wildman–Crippen MR) is 87.8 cm³/mol. The summed E-state index contributed by atoms with van der Waals surface area (Å²) < 4.78 is 13.6. The number of carboxylic acids is 1. The second kappa shape index (κ2) is 6.91. The molecule has 1 aromatic carbocycles. The number of nitrogens with one attached hydrogen (secondary N) is 1. The summed E-state index contributed by atoms with van der Waals surface area (Å²) >= 11 is 0. The molecule has 3 rings (SSSR count). The molecule has 0 saturated heterocycles. The monoisotopic (exact) mass is 333 g/mol. The highest BCUT2D eigenvalue weighted by Crippen LogP contribution is 2.44. The van der Waals surface area contributed by atoms with Gasteiger partial charge >= 0.3 is 5.97 Å². The Morgan fingerprint density at radius 1 is 1.25 bits per heavy atom. The van der Waals surface area contributed by atoms with E-state index in [-0.39, 0.29) is 30.1 Å². The number of hydrogen-bond acceptors (Lipinski definition) is 2. The molecule has 5 heteroatoms. The maximum absolute atomic E-state index is 13.6. The molecule has 0 heterocycles. The minimum atomic E-state index is -0.897. The topological polar surface area (TPSA) is 66.4 Å². The van der Waals surface area contributed by atoms with Gasteiger partial charge in [0.15, 0.2) is 0 Å². The van der Waals surface area contributed by atoms with Crippen molar-refractivity contribution in [3.05, 3.63) is 35.6 Å². The number of amides is 1. The molecular weight excluding hydrogens is 309 g/mol. The van der Waals surface area contributed by atoms with Crippen LogP contribution in [0.4, 0.5) is 4.39 Å². The number of carboxylic acid groups (broad SMARTS) is 1. The maximum Gasteiger partial charge on any atom is 0.310 e. The van der Waals surface area contributed by atoms with Crippen molar-refractivity contribution in [2.75, 3.05) is 0 Å². The Balaban J connectivity index is 1.74. The minimum absolute atomic E-state index is 0.0148. The van der Waals surface area contributed by atoms with Crippen molar-refractivity contribution in [3.8, 4) is 0 Å². The molecule has 2 fully saturated rings. The van der Waals surface area contributed by atoms with E-state index in [1.165, 1.54) is 12.1 Å². The van der Waals surface area contributed by atoms with Crippen LogP contribution in [-0.2, 0) is 9.59 Å². The van der Waals surface area contributed by atoms with Crippen LogP contribution in [0.3, 0.4) is 0 Å². The van der Waals surface area contributed by atoms with Gasteiger partial charge in [0.1, 0.15) is 5.82 Å². The Morgan fingerprint density at radius 3 is 2.50 bits per heavy atom. The van der Waals surface area contributed by atoms with Crippen molar-refractivity contribution in [1.29, 1.82) is 0 Å². The molecule has 0 aliphatic heterocycles. The normalized spacial score (nSPS) is 21.0. The van der Waals surface area contributed by atoms with Gasteiger partial charge in [-0.2, -0.15) is 0 Å². The van der Waals surface area contributed by atoms with E-state index in [1.807, 2.05) is 6.07 Å². The first kappa shape index (κ1) is 16.9. The van der Waals surface area contributed by atoms with Crippen molar-refractivity contribution in [3.63, 3.8) is 0 Å². The average Bonchev–Trinajstić information content (AvgIpc) is 3.02. The third-order valence-electron chi connectivity index (χ3n) is 5.66. The van der Waals surface area contributed by atoms with E-state index in [4.69, 9.17) is 0 Å². The second-order valence-corrected chi connectivity index (χ2v) is 7.26. The molecule has 2 aliphatic rings. The summed E-state index contributed by atoms with van der Waals surface area (Å²) in [5.41, 5.74) is -0.125. The fourth-order valence-electron chi connectivity index (χ4n) is 4.07. The van der Waals surface area contributed by atoms with Gasteiger partial charge in [0.05, 0.1) is 11.5 Å². The van der Waals surface area contributed by atoms with Crippen LogP contribution in [0.1, 0.15) is 63.0 Å². The van der Waals surface area contributed by atoms with E-state index in [9.17, 15) is 19.1 Å². The number of hydrogen-bond donors (Lipinski definition) is 2. The van der Waals surface area contributed by atoms with Crippen molar-refractivity contribution < 1.29 is 19.1 Å². The Bertz CT molecular complexity index is 621.